The molecule has 0 saturated heterocycles. The molecule has 0 aliphatic rings. The molecule has 152 valence electrons. The van der Waals surface area contributed by atoms with Crippen molar-refractivity contribution in [2.45, 2.75) is 0 Å². The molecular weight excluding hydrogens is 512 g/mol. The second-order valence-electron chi connectivity index (χ2n) is 6.21. The van der Waals surface area contributed by atoms with Crippen LogP contribution in [0.15, 0.2) is 83.6 Å². The van der Waals surface area contributed by atoms with Gasteiger partial charge < -0.3 is 9.14 Å². The second-order valence-corrected chi connectivity index (χ2v) is 7.62. The molecule has 4 aromatic rings. The smallest absolute Gasteiger partial charge is 0.339 e. The van der Waals surface area contributed by atoms with E-state index in [1.165, 1.54) is 7.11 Å². The first-order chi connectivity index (χ1) is 14.5. The summed E-state index contributed by atoms with van der Waals surface area (Å²) in [5.41, 5.74) is 3.82. The summed E-state index contributed by atoms with van der Waals surface area (Å²) >= 11 is 6.48. The van der Waals surface area contributed by atoms with Gasteiger partial charge in [0.2, 0.25) is 0 Å². The molecule has 4 rings (SSSR count). The highest BCUT2D eigenvalue weighted by Gasteiger charge is 2.13. The van der Waals surface area contributed by atoms with Crippen LogP contribution < -0.4 is 0 Å². The molecule has 7 heteroatoms. The molecule has 5 nitrogen and oxygen atoms in total. The van der Waals surface area contributed by atoms with Crippen molar-refractivity contribution in [2.75, 3.05) is 12.4 Å². The largest absolute Gasteiger partial charge is 0.465 e. The standard InChI is InChI=1S/C15H11BrN2O2.C8H7BrO/c1-20-15(19)11-7-14-17-13(9-18(14)8-12(11)16)10-5-3-2-4-6-10;9-6-8(10)7-4-2-1-3-5-7/h2-9H,1H3;1-5H,6H2. The number of benzene rings is 2. The van der Waals surface area contributed by atoms with Gasteiger partial charge in [-0.1, -0.05) is 76.6 Å². The fourth-order valence-corrected chi connectivity index (χ4v) is 3.54. The number of fused-ring (bicyclic) bond motifs is 1. The number of aromatic nitrogens is 2. The van der Waals surface area contributed by atoms with E-state index in [1.54, 1.807) is 12.3 Å². The fourth-order valence-electron chi connectivity index (χ4n) is 2.72. The molecule has 0 amide bonds. The number of rotatable bonds is 4. The van der Waals surface area contributed by atoms with Gasteiger partial charge in [-0.3, -0.25) is 4.79 Å². The Morgan fingerprint density at radius 3 is 2.23 bits per heavy atom. The van der Waals surface area contributed by atoms with Gasteiger partial charge in [0.1, 0.15) is 5.65 Å². The molecule has 2 aromatic carbocycles. The van der Waals surface area contributed by atoms with Crippen LogP contribution in [0.2, 0.25) is 0 Å². The predicted molar refractivity (Wildman–Crippen MR) is 124 cm³/mol. The number of methoxy groups -OCH3 is 1. The first-order valence-corrected chi connectivity index (χ1v) is 10.9. The highest BCUT2D eigenvalue weighted by Crippen LogP contribution is 2.23. The molecule has 0 spiro atoms. The minimum Gasteiger partial charge on any atom is -0.465 e. The third-order valence-electron chi connectivity index (χ3n) is 4.24. The SMILES string of the molecule is COC(=O)c1cc2nc(-c3ccccc3)cn2cc1Br.O=C(CBr)c1ccccc1. The average molecular weight is 530 g/mol. The third-order valence-corrected chi connectivity index (χ3v) is 5.38. The van der Waals surface area contributed by atoms with E-state index in [0.717, 1.165) is 16.8 Å². The summed E-state index contributed by atoms with van der Waals surface area (Å²) in [6.45, 7) is 0. The van der Waals surface area contributed by atoms with E-state index in [2.05, 4.69) is 36.8 Å². The van der Waals surface area contributed by atoms with Crippen LogP contribution in [0.5, 0.6) is 0 Å². The number of Topliss-reactive ketones (excluding diaryl/α,β-unsaturated/α-hetero) is 1. The zero-order valence-corrected chi connectivity index (χ0v) is 19.3. The number of hydrogen-bond acceptors (Lipinski definition) is 4. The van der Waals surface area contributed by atoms with E-state index >= 15 is 0 Å². The number of hydrogen-bond donors (Lipinski definition) is 0. The van der Waals surface area contributed by atoms with E-state index in [4.69, 9.17) is 4.74 Å². The lowest BCUT2D eigenvalue weighted by atomic mass is 10.2. The van der Waals surface area contributed by atoms with Gasteiger partial charge in [-0.05, 0) is 22.0 Å². The van der Waals surface area contributed by atoms with Gasteiger partial charge in [0.15, 0.2) is 5.78 Å². The van der Waals surface area contributed by atoms with Crippen molar-refractivity contribution in [1.29, 1.82) is 0 Å². The average Bonchev–Trinajstić information content (AvgIpc) is 3.22. The maximum atomic E-state index is 11.7. The summed E-state index contributed by atoms with van der Waals surface area (Å²) in [6, 6.07) is 20.8. The molecule has 0 atom stereocenters. The zero-order chi connectivity index (χ0) is 21.5. The summed E-state index contributed by atoms with van der Waals surface area (Å²) < 4.78 is 7.30. The van der Waals surface area contributed by atoms with E-state index in [-0.39, 0.29) is 11.8 Å². The Hall–Kier alpha value is -2.77. The van der Waals surface area contributed by atoms with Gasteiger partial charge >= 0.3 is 5.97 Å². The van der Waals surface area contributed by atoms with Crippen molar-refractivity contribution in [1.82, 2.24) is 9.38 Å². The maximum absolute atomic E-state index is 11.7. The number of ether oxygens (including phenoxy) is 1. The number of esters is 1. The van der Waals surface area contributed by atoms with Crippen LogP contribution in [0.3, 0.4) is 0 Å². The Balaban J connectivity index is 0.000000216. The van der Waals surface area contributed by atoms with Crippen LogP contribution in [0, 0.1) is 0 Å². The Morgan fingerprint density at radius 1 is 1.00 bits per heavy atom. The molecule has 0 bridgehead atoms. The number of ketones is 1. The predicted octanol–water partition coefficient (Wildman–Crippen LogP) is 5.81. The molecule has 0 aliphatic heterocycles. The first kappa shape index (κ1) is 21.9. The van der Waals surface area contributed by atoms with Crippen LogP contribution in [0.25, 0.3) is 16.9 Å². The van der Waals surface area contributed by atoms with E-state index < -0.39 is 0 Å². The molecule has 0 fully saturated rings. The Kier molecular flexibility index (Phi) is 7.54. The summed E-state index contributed by atoms with van der Waals surface area (Å²) in [5.74, 6) is -0.260. The van der Waals surface area contributed by atoms with Crippen molar-refractivity contribution < 1.29 is 14.3 Å². The number of alkyl halides is 1. The Morgan fingerprint density at radius 2 is 1.63 bits per heavy atom. The number of carbonyl (C=O) groups is 2. The number of halogens is 2. The topological polar surface area (TPSA) is 60.7 Å². The molecule has 0 saturated carbocycles. The van der Waals surface area contributed by atoms with Gasteiger partial charge in [0, 0.05) is 28.0 Å². The van der Waals surface area contributed by atoms with Gasteiger partial charge in [0.05, 0.1) is 23.7 Å². The van der Waals surface area contributed by atoms with E-state index in [1.807, 2.05) is 71.3 Å². The summed E-state index contributed by atoms with van der Waals surface area (Å²) in [6.07, 6.45) is 3.73. The quantitative estimate of drug-likeness (QED) is 0.190. The van der Waals surface area contributed by atoms with Gasteiger partial charge in [0.25, 0.3) is 0 Å². The Bertz CT molecular complexity index is 1160. The molecule has 0 radical (unpaired) electrons. The molecule has 2 heterocycles. The summed E-state index contributed by atoms with van der Waals surface area (Å²) in [5, 5.41) is 0.400. The number of pyridine rings is 1. The monoisotopic (exact) mass is 528 g/mol. The lowest BCUT2D eigenvalue weighted by Gasteiger charge is -2.02. The number of carbonyl (C=O) groups excluding carboxylic acids is 2. The van der Waals surface area contributed by atoms with Gasteiger partial charge in [-0.2, -0.15) is 0 Å². The van der Waals surface area contributed by atoms with Crippen LogP contribution in [-0.4, -0.2) is 33.6 Å². The van der Waals surface area contributed by atoms with Crippen LogP contribution in [0.1, 0.15) is 20.7 Å². The highest BCUT2D eigenvalue weighted by atomic mass is 79.9. The maximum Gasteiger partial charge on any atom is 0.339 e. The zero-order valence-electron chi connectivity index (χ0n) is 16.1. The molecule has 0 N–H and O–H groups in total. The lowest BCUT2D eigenvalue weighted by molar-refractivity contribution is 0.0599. The molecule has 2 aromatic heterocycles. The summed E-state index contributed by atoms with van der Waals surface area (Å²) in [4.78, 5) is 27.2. The minimum absolute atomic E-state index is 0.126. The van der Waals surface area contributed by atoms with Crippen LogP contribution in [-0.2, 0) is 4.74 Å². The Labute approximate surface area is 191 Å². The second kappa shape index (κ2) is 10.3. The number of imidazole rings is 1. The normalized spacial score (nSPS) is 10.2. The highest BCUT2D eigenvalue weighted by molar-refractivity contribution is 9.10. The molecular formula is C23H18Br2N2O3. The van der Waals surface area contributed by atoms with Crippen molar-refractivity contribution in [2.24, 2.45) is 0 Å². The molecule has 0 unspecified atom stereocenters. The van der Waals surface area contributed by atoms with Crippen molar-refractivity contribution in [3.8, 4) is 11.3 Å². The van der Waals surface area contributed by atoms with Crippen molar-refractivity contribution in [3.63, 3.8) is 0 Å². The van der Waals surface area contributed by atoms with Crippen LogP contribution >= 0.6 is 31.9 Å². The summed E-state index contributed by atoms with van der Waals surface area (Å²) in [7, 11) is 1.36. The van der Waals surface area contributed by atoms with Crippen molar-refractivity contribution >= 4 is 49.3 Å². The third kappa shape index (κ3) is 5.23. The van der Waals surface area contributed by atoms with Crippen LogP contribution in [0.4, 0.5) is 0 Å². The van der Waals surface area contributed by atoms with E-state index in [0.29, 0.717) is 21.0 Å². The van der Waals surface area contributed by atoms with Crippen molar-refractivity contribution in [3.05, 3.63) is 94.7 Å². The van der Waals surface area contributed by atoms with Gasteiger partial charge in [-0.15, -0.1) is 0 Å². The lowest BCUT2D eigenvalue weighted by Crippen LogP contribution is -2.03. The molecule has 30 heavy (non-hydrogen) atoms. The van der Waals surface area contributed by atoms with E-state index in [9.17, 15) is 9.59 Å². The first-order valence-electron chi connectivity index (χ1n) is 8.99. The molecule has 0 aliphatic carbocycles. The minimum atomic E-state index is -0.386. The fraction of sp³-hybridized carbons (Fsp3) is 0.0870. The van der Waals surface area contributed by atoms with Gasteiger partial charge in [-0.25, -0.2) is 9.78 Å². The number of nitrogens with zero attached hydrogens (tertiary/aromatic N) is 2.